The van der Waals surface area contributed by atoms with Crippen LogP contribution >= 0.6 is 22.9 Å². The fourth-order valence-electron chi connectivity index (χ4n) is 2.43. The van der Waals surface area contributed by atoms with Crippen molar-refractivity contribution in [2.45, 2.75) is 12.5 Å². The van der Waals surface area contributed by atoms with E-state index in [1.165, 1.54) is 23.5 Å². The molecule has 1 aromatic rings. The summed E-state index contributed by atoms with van der Waals surface area (Å²) in [6, 6.07) is 0.588. The summed E-state index contributed by atoms with van der Waals surface area (Å²) in [6.07, 6.45) is 1.13. The first kappa shape index (κ1) is 9.16. The molecule has 76 valence electrons. The topological polar surface area (TPSA) is 15.3 Å². The van der Waals surface area contributed by atoms with Gasteiger partial charge in [-0.15, -0.1) is 11.3 Å². The molecular formula is C10H13ClN2S. The third-order valence-corrected chi connectivity index (χ3v) is 4.77. The standard InChI is InChI=1S/C10H13ClN2S/c11-8-6-14-10-7(8)1-3-13-4-2-12-5-9(10)13/h6,9,12H,1-5H2. The summed E-state index contributed by atoms with van der Waals surface area (Å²) in [5, 5.41) is 6.53. The normalized spacial score (nSPS) is 27.1. The predicted molar refractivity (Wildman–Crippen MR) is 60.2 cm³/mol. The zero-order valence-electron chi connectivity index (χ0n) is 7.92. The van der Waals surface area contributed by atoms with Gasteiger partial charge in [-0.1, -0.05) is 11.6 Å². The van der Waals surface area contributed by atoms with Crippen LogP contribution < -0.4 is 5.32 Å². The molecule has 1 aromatic heterocycles. The average Bonchev–Trinajstić information content (AvgIpc) is 2.61. The van der Waals surface area contributed by atoms with Crippen LogP contribution in [0.1, 0.15) is 16.5 Å². The van der Waals surface area contributed by atoms with Crippen LogP contribution in [-0.2, 0) is 6.42 Å². The van der Waals surface area contributed by atoms with E-state index in [9.17, 15) is 0 Å². The van der Waals surface area contributed by atoms with E-state index in [1.54, 1.807) is 0 Å². The van der Waals surface area contributed by atoms with Crippen molar-refractivity contribution in [2.24, 2.45) is 0 Å². The van der Waals surface area contributed by atoms with Crippen LogP contribution in [0.15, 0.2) is 5.38 Å². The van der Waals surface area contributed by atoms with E-state index in [1.807, 2.05) is 11.3 Å². The Morgan fingerprint density at radius 3 is 3.36 bits per heavy atom. The van der Waals surface area contributed by atoms with E-state index < -0.39 is 0 Å². The van der Waals surface area contributed by atoms with Gasteiger partial charge in [-0.2, -0.15) is 0 Å². The van der Waals surface area contributed by atoms with Crippen LogP contribution in [-0.4, -0.2) is 31.1 Å². The Kier molecular flexibility index (Phi) is 2.28. The number of thiophene rings is 1. The van der Waals surface area contributed by atoms with Crippen molar-refractivity contribution in [3.8, 4) is 0 Å². The van der Waals surface area contributed by atoms with Crippen LogP contribution in [0, 0.1) is 0 Å². The fourth-order valence-corrected chi connectivity index (χ4v) is 3.93. The van der Waals surface area contributed by atoms with Crippen LogP contribution in [0.4, 0.5) is 0 Å². The zero-order chi connectivity index (χ0) is 9.54. The minimum absolute atomic E-state index is 0.588. The molecule has 4 heteroatoms. The molecule has 2 aliphatic heterocycles. The first-order valence-electron chi connectivity index (χ1n) is 5.07. The lowest BCUT2D eigenvalue weighted by molar-refractivity contribution is 0.155. The van der Waals surface area contributed by atoms with Crippen LogP contribution in [0.2, 0.25) is 5.02 Å². The minimum Gasteiger partial charge on any atom is -0.314 e. The summed E-state index contributed by atoms with van der Waals surface area (Å²) >= 11 is 7.98. The maximum Gasteiger partial charge on any atom is 0.0570 e. The zero-order valence-corrected chi connectivity index (χ0v) is 9.50. The van der Waals surface area contributed by atoms with Crippen molar-refractivity contribution < 1.29 is 0 Å². The van der Waals surface area contributed by atoms with Gasteiger partial charge in [-0.3, -0.25) is 4.90 Å². The molecule has 0 amide bonds. The largest absolute Gasteiger partial charge is 0.314 e. The van der Waals surface area contributed by atoms with Gasteiger partial charge in [0.2, 0.25) is 0 Å². The van der Waals surface area contributed by atoms with Crippen LogP contribution in [0.5, 0.6) is 0 Å². The molecule has 0 spiro atoms. The second kappa shape index (κ2) is 3.49. The van der Waals surface area contributed by atoms with E-state index in [0.29, 0.717) is 6.04 Å². The highest BCUT2D eigenvalue weighted by atomic mass is 35.5. The van der Waals surface area contributed by atoms with Gasteiger partial charge >= 0.3 is 0 Å². The van der Waals surface area contributed by atoms with Gasteiger partial charge in [0.25, 0.3) is 0 Å². The lowest BCUT2D eigenvalue weighted by Crippen LogP contribution is -2.48. The van der Waals surface area contributed by atoms with Crippen molar-refractivity contribution in [3.63, 3.8) is 0 Å². The molecule has 3 heterocycles. The van der Waals surface area contributed by atoms with Gasteiger partial charge in [0.1, 0.15) is 0 Å². The number of fused-ring (bicyclic) bond motifs is 3. The van der Waals surface area contributed by atoms with Gasteiger partial charge < -0.3 is 5.32 Å². The fraction of sp³-hybridized carbons (Fsp3) is 0.600. The number of piperazine rings is 1. The summed E-state index contributed by atoms with van der Waals surface area (Å²) in [7, 11) is 0. The van der Waals surface area contributed by atoms with E-state index in [2.05, 4.69) is 15.6 Å². The molecule has 14 heavy (non-hydrogen) atoms. The molecule has 1 fully saturated rings. The molecule has 0 bridgehead atoms. The summed E-state index contributed by atoms with van der Waals surface area (Å²) < 4.78 is 0. The summed E-state index contributed by atoms with van der Waals surface area (Å²) in [6.45, 7) is 4.57. The van der Waals surface area contributed by atoms with Crippen molar-refractivity contribution in [1.82, 2.24) is 10.2 Å². The summed E-state index contributed by atoms with van der Waals surface area (Å²) in [5.74, 6) is 0. The quantitative estimate of drug-likeness (QED) is 0.730. The number of rotatable bonds is 0. The maximum absolute atomic E-state index is 6.16. The van der Waals surface area contributed by atoms with Crippen molar-refractivity contribution in [1.29, 1.82) is 0 Å². The monoisotopic (exact) mass is 228 g/mol. The number of halogens is 1. The Bertz CT molecular complexity index is 350. The van der Waals surface area contributed by atoms with Gasteiger partial charge in [-0.05, 0) is 12.0 Å². The molecule has 1 unspecified atom stereocenters. The van der Waals surface area contributed by atoms with E-state index in [-0.39, 0.29) is 0 Å². The van der Waals surface area contributed by atoms with Crippen molar-refractivity contribution in [2.75, 3.05) is 26.2 Å². The summed E-state index contributed by atoms with van der Waals surface area (Å²) in [4.78, 5) is 4.07. The first-order chi connectivity index (χ1) is 6.86. The van der Waals surface area contributed by atoms with Crippen LogP contribution in [0.3, 0.4) is 0 Å². The highest BCUT2D eigenvalue weighted by molar-refractivity contribution is 7.10. The average molecular weight is 229 g/mol. The Balaban J connectivity index is 1.99. The Morgan fingerprint density at radius 1 is 1.50 bits per heavy atom. The number of nitrogens with one attached hydrogen (secondary N) is 1. The Hall–Kier alpha value is -0.0900. The second-order valence-electron chi connectivity index (χ2n) is 3.93. The van der Waals surface area contributed by atoms with Gasteiger partial charge in [0.05, 0.1) is 11.1 Å². The second-order valence-corrected chi connectivity index (χ2v) is 5.25. The maximum atomic E-state index is 6.16. The Morgan fingerprint density at radius 2 is 2.43 bits per heavy atom. The molecule has 0 saturated carbocycles. The van der Waals surface area contributed by atoms with Crippen LogP contribution in [0.25, 0.3) is 0 Å². The molecule has 1 saturated heterocycles. The lowest BCUT2D eigenvalue weighted by atomic mass is 10.00. The third-order valence-electron chi connectivity index (χ3n) is 3.18. The van der Waals surface area contributed by atoms with E-state index in [0.717, 1.165) is 24.5 Å². The van der Waals surface area contributed by atoms with Crippen molar-refractivity contribution in [3.05, 3.63) is 20.8 Å². The smallest absolute Gasteiger partial charge is 0.0570 e. The molecule has 1 atom stereocenters. The molecule has 0 radical (unpaired) electrons. The minimum atomic E-state index is 0.588. The van der Waals surface area contributed by atoms with Gasteiger partial charge in [-0.25, -0.2) is 0 Å². The molecule has 2 nitrogen and oxygen atoms in total. The van der Waals surface area contributed by atoms with Crippen molar-refractivity contribution >= 4 is 22.9 Å². The molecular weight excluding hydrogens is 216 g/mol. The molecule has 1 N–H and O–H groups in total. The summed E-state index contributed by atoms with van der Waals surface area (Å²) in [5.41, 5.74) is 1.40. The van der Waals surface area contributed by atoms with E-state index in [4.69, 9.17) is 11.6 Å². The molecule has 0 aliphatic carbocycles. The highest BCUT2D eigenvalue weighted by Crippen LogP contribution is 2.38. The predicted octanol–water partition coefficient (Wildman–Crippen LogP) is 1.90. The third kappa shape index (κ3) is 1.31. The van der Waals surface area contributed by atoms with E-state index >= 15 is 0 Å². The number of nitrogens with zero attached hydrogens (tertiary/aromatic N) is 1. The van der Waals surface area contributed by atoms with Gasteiger partial charge in [0.15, 0.2) is 0 Å². The highest BCUT2D eigenvalue weighted by Gasteiger charge is 2.31. The van der Waals surface area contributed by atoms with Gasteiger partial charge in [0, 0.05) is 36.4 Å². The molecule has 3 rings (SSSR count). The SMILES string of the molecule is Clc1csc2c1CCN1CCNCC21. The molecule has 0 aromatic carbocycles. The number of hydrogen-bond acceptors (Lipinski definition) is 3. The Labute approximate surface area is 92.9 Å². The molecule has 2 aliphatic rings. The lowest BCUT2D eigenvalue weighted by Gasteiger charge is -2.39. The number of hydrogen-bond donors (Lipinski definition) is 1. The first-order valence-corrected chi connectivity index (χ1v) is 6.32.